The summed E-state index contributed by atoms with van der Waals surface area (Å²) in [6, 6.07) is 18.9. The van der Waals surface area contributed by atoms with E-state index in [2.05, 4.69) is 10.4 Å². The fourth-order valence-electron chi connectivity index (χ4n) is 2.45. The molecule has 2 aromatic carbocycles. The SMILES string of the molecule is CCOc1ccc(NC(=O)c2cc(-c3ccccc3)n(C)n2)cc1. The van der Waals surface area contributed by atoms with Crippen molar-refractivity contribution >= 4 is 11.6 Å². The molecule has 0 saturated heterocycles. The number of nitrogens with zero attached hydrogens (tertiary/aromatic N) is 2. The first-order valence-corrected chi connectivity index (χ1v) is 7.81. The Morgan fingerprint density at radius 1 is 1.12 bits per heavy atom. The van der Waals surface area contributed by atoms with E-state index in [9.17, 15) is 4.79 Å². The van der Waals surface area contributed by atoms with Crippen molar-refractivity contribution in [2.24, 2.45) is 7.05 Å². The number of hydrogen-bond donors (Lipinski definition) is 1. The Bertz CT molecular complexity index is 824. The van der Waals surface area contributed by atoms with Gasteiger partial charge in [-0.15, -0.1) is 0 Å². The average molecular weight is 321 g/mol. The van der Waals surface area contributed by atoms with E-state index in [4.69, 9.17) is 4.74 Å². The number of nitrogens with one attached hydrogen (secondary N) is 1. The molecule has 0 radical (unpaired) electrons. The van der Waals surface area contributed by atoms with Crippen molar-refractivity contribution in [2.45, 2.75) is 6.92 Å². The number of ether oxygens (including phenoxy) is 1. The van der Waals surface area contributed by atoms with Gasteiger partial charge in [-0.2, -0.15) is 5.10 Å². The molecule has 122 valence electrons. The molecule has 0 fully saturated rings. The van der Waals surface area contributed by atoms with Gasteiger partial charge in [0.05, 0.1) is 12.3 Å². The van der Waals surface area contributed by atoms with Gasteiger partial charge < -0.3 is 10.1 Å². The molecular formula is C19H19N3O2. The van der Waals surface area contributed by atoms with Gasteiger partial charge in [0, 0.05) is 12.7 Å². The maximum atomic E-state index is 12.4. The van der Waals surface area contributed by atoms with Gasteiger partial charge in [-0.1, -0.05) is 30.3 Å². The molecule has 1 amide bonds. The monoisotopic (exact) mass is 321 g/mol. The molecule has 1 heterocycles. The van der Waals surface area contributed by atoms with Gasteiger partial charge in [-0.25, -0.2) is 0 Å². The second kappa shape index (κ2) is 7.00. The van der Waals surface area contributed by atoms with Crippen LogP contribution in [0, 0.1) is 0 Å². The fourth-order valence-corrected chi connectivity index (χ4v) is 2.45. The molecule has 5 nitrogen and oxygen atoms in total. The molecular weight excluding hydrogens is 302 g/mol. The van der Waals surface area contributed by atoms with Crippen LogP contribution in [0.1, 0.15) is 17.4 Å². The number of hydrogen-bond acceptors (Lipinski definition) is 3. The van der Waals surface area contributed by atoms with Gasteiger partial charge in [-0.3, -0.25) is 9.48 Å². The number of rotatable bonds is 5. The summed E-state index contributed by atoms with van der Waals surface area (Å²) in [6.45, 7) is 2.54. The quantitative estimate of drug-likeness (QED) is 0.779. The van der Waals surface area contributed by atoms with Crippen LogP contribution in [0.2, 0.25) is 0 Å². The van der Waals surface area contributed by atoms with Crippen molar-refractivity contribution in [3.8, 4) is 17.0 Å². The van der Waals surface area contributed by atoms with Gasteiger partial charge in [0.2, 0.25) is 0 Å². The van der Waals surface area contributed by atoms with Crippen LogP contribution >= 0.6 is 0 Å². The molecule has 0 aliphatic heterocycles. The van der Waals surface area contributed by atoms with E-state index in [1.54, 1.807) is 10.7 Å². The molecule has 0 atom stereocenters. The third-order valence-corrected chi connectivity index (χ3v) is 3.61. The van der Waals surface area contributed by atoms with E-state index in [0.29, 0.717) is 18.0 Å². The zero-order valence-electron chi connectivity index (χ0n) is 13.7. The molecule has 0 spiro atoms. The Balaban J connectivity index is 1.76. The number of anilines is 1. The van der Waals surface area contributed by atoms with Crippen LogP contribution < -0.4 is 10.1 Å². The predicted molar refractivity (Wildman–Crippen MR) is 94.2 cm³/mol. The summed E-state index contributed by atoms with van der Waals surface area (Å²) in [5.74, 6) is 0.539. The van der Waals surface area contributed by atoms with E-state index in [0.717, 1.165) is 17.0 Å². The van der Waals surface area contributed by atoms with Crippen molar-refractivity contribution in [2.75, 3.05) is 11.9 Å². The van der Waals surface area contributed by atoms with Gasteiger partial charge >= 0.3 is 0 Å². The molecule has 0 unspecified atom stereocenters. The first-order valence-electron chi connectivity index (χ1n) is 7.81. The Hall–Kier alpha value is -3.08. The first-order chi connectivity index (χ1) is 11.7. The largest absolute Gasteiger partial charge is 0.494 e. The highest BCUT2D eigenvalue weighted by Gasteiger charge is 2.14. The third kappa shape index (κ3) is 3.46. The van der Waals surface area contributed by atoms with Crippen LogP contribution in [0.3, 0.4) is 0 Å². The van der Waals surface area contributed by atoms with E-state index >= 15 is 0 Å². The standard InChI is InChI=1S/C19H19N3O2/c1-3-24-16-11-9-15(10-12-16)20-19(23)17-13-18(22(2)21-17)14-7-5-4-6-8-14/h4-13H,3H2,1-2H3,(H,20,23). The highest BCUT2D eigenvalue weighted by Crippen LogP contribution is 2.20. The topological polar surface area (TPSA) is 56.1 Å². The third-order valence-electron chi connectivity index (χ3n) is 3.61. The van der Waals surface area contributed by atoms with E-state index in [1.165, 1.54) is 0 Å². The van der Waals surface area contributed by atoms with Crippen molar-refractivity contribution in [3.05, 3.63) is 66.4 Å². The first kappa shape index (κ1) is 15.8. The maximum Gasteiger partial charge on any atom is 0.276 e. The minimum atomic E-state index is -0.239. The molecule has 0 aliphatic rings. The molecule has 0 saturated carbocycles. The van der Waals surface area contributed by atoms with Crippen LogP contribution in [-0.2, 0) is 7.05 Å². The number of carbonyl (C=O) groups is 1. The lowest BCUT2D eigenvalue weighted by Crippen LogP contribution is -2.12. The zero-order chi connectivity index (χ0) is 16.9. The highest BCUT2D eigenvalue weighted by molar-refractivity contribution is 6.03. The molecule has 1 N–H and O–H groups in total. The molecule has 1 aromatic heterocycles. The lowest BCUT2D eigenvalue weighted by molar-refractivity contribution is 0.102. The summed E-state index contributed by atoms with van der Waals surface area (Å²) in [5.41, 5.74) is 3.00. The van der Waals surface area contributed by atoms with Crippen molar-refractivity contribution < 1.29 is 9.53 Å². The summed E-state index contributed by atoms with van der Waals surface area (Å²) in [7, 11) is 1.83. The summed E-state index contributed by atoms with van der Waals surface area (Å²) < 4.78 is 7.10. The summed E-state index contributed by atoms with van der Waals surface area (Å²) in [6.07, 6.45) is 0. The van der Waals surface area contributed by atoms with Crippen LogP contribution in [0.5, 0.6) is 5.75 Å². The second-order valence-electron chi connectivity index (χ2n) is 5.32. The molecule has 0 aliphatic carbocycles. The number of benzene rings is 2. The van der Waals surface area contributed by atoms with Crippen molar-refractivity contribution in [1.29, 1.82) is 0 Å². The van der Waals surface area contributed by atoms with Crippen molar-refractivity contribution in [1.82, 2.24) is 9.78 Å². The van der Waals surface area contributed by atoms with E-state index < -0.39 is 0 Å². The lowest BCUT2D eigenvalue weighted by Gasteiger charge is -2.05. The van der Waals surface area contributed by atoms with Crippen LogP contribution in [0.4, 0.5) is 5.69 Å². The minimum absolute atomic E-state index is 0.239. The fraction of sp³-hybridized carbons (Fsp3) is 0.158. The minimum Gasteiger partial charge on any atom is -0.494 e. The highest BCUT2D eigenvalue weighted by atomic mass is 16.5. The number of aromatic nitrogens is 2. The Kier molecular flexibility index (Phi) is 4.61. The molecule has 3 rings (SSSR count). The smallest absolute Gasteiger partial charge is 0.276 e. The molecule has 5 heteroatoms. The predicted octanol–water partition coefficient (Wildman–Crippen LogP) is 3.74. The molecule has 0 bridgehead atoms. The summed E-state index contributed by atoms with van der Waals surface area (Å²) >= 11 is 0. The van der Waals surface area contributed by atoms with Crippen LogP contribution in [-0.4, -0.2) is 22.3 Å². The summed E-state index contributed by atoms with van der Waals surface area (Å²) in [4.78, 5) is 12.4. The van der Waals surface area contributed by atoms with Gasteiger partial charge in [0.25, 0.3) is 5.91 Å². The Labute approximate surface area is 140 Å². The van der Waals surface area contributed by atoms with E-state index in [1.807, 2.05) is 68.6 Å². The lowest BCUT2D eigenvalue weighted by atomic mass is 10.1. The van der Waals surface area contributed by atoms with Gasteiger partial charge in [-0.05, 0) is 42.8 Å². The number of aryl methyl sites for hydroxylation is 1. The van der Waals surface area contributed by atoms with E-state index in [-0.39, 0.29) is 5.91 Å². The molecule has 3 aromatic rings. The second-order valence-corrected chi connectivity index (χ2v) is 5.32. The van der Waals surface area contributed by atoms with Gasteiger partial charge in [0.1, 0.15) is 5.75 Å². The van der Waals surface area contributed by atoms with Gasteiger partial charge in [0.15, 0.2) is 5.69 Å². The molecule has 24 heavy (non-hydrogen) atoms. The normalized spacial score (nSPS) is 10.4. The number of carbonyl (C=O) groups excluding carboxylic acids is 1. The Morgan fingerprint density at radius 2 is 1.83 bits per heavy atom. The van der Waals surface area contributed by atoms with Crippen LogP contribution in [0.25, 0.3) is 11.3 Å². The Morgan fingerprint density at radius 3 is 2.50 bits per heavy atom. The maximum absolute atomic E-state index is 12.4. The number of amides is 1. The average Bonchev–Trinajstić information content (AvgIpc) is 3.00. The van der Waals surface area contributed by atoms with Crippen molar-refractivity contribution in [3.63, 3.8) is 0 Å². The zero-order valence-corrected chi connectivity index (χ0v) is 13.7. The summed E-state index contributed by atoms with van der Waals surface area (Å²) in [5, 5.41) is 7.16. The van der Waals surface area contributed by atoms with Crippen LogP contribution in [0.15, 0.2) is 60.7 Å².